The second-order valence-corrected chi connectivity index (χ2v) is 21.7. The molecule has 53 heavy (non-hydrogen) atoms. The number of sulfone groups is 1. The van der Waals surface area contributed by atoms with Gasteiger partial charge in [-0.05, 0) is 87.9 Å². The number of ketones is 4. The fourth-order valence-corrected chi connectivity index (χ4v) is 12.0. The Morgan fingerprint density at radius 2 is 1.45 bits per heavy atom. The van der Waals surface area contributed by atoms with E-state index in [1.54, 1.807) is 18.7 Å². The van der Waals surface area contributed by atoms with Crippen LogP contribution in [0.5, 0.6) is 0 Å². The van der Waals surface area contributed by atoms with Gasteiger partial charge in [-0.2, -0.15) is 0 Å². The van der Waals surface area contributed by atoms with Crippen LogP contribution in [-0.2, 0) is 38.5 Å². The van der Waals surface area contributed by atoms with Crippen molar-refractivity contribution < 1.29 is 37.1 Å². The van der Waals surface area contributed by atoms with Crippen molar-refractivity contribution in [3.63, 3.8) is 0 Å². The summed E-state index contributed by atoms with van der Waals surface area (Å²) in [6, 6.07) is -0.649. The summed E-state index contributed by atoms with van der Waals surface area (Å²) in [6.07, 6.45) is 14.2. The minimum Gasteiger partial charge on any atom is -0.380 e. The molecule has 0 N–H and O–H groups in total. The maximum atomic E-state index is 14.7. The number of amides is 1. The van der Waals surface area contributed by atoms with Gasteiger partial charge in [-0.25, -0.2) is 8.42 Å². The number of nitrogens with zero attached hydrogens (tertiary/aromatic N) is 1. The van der Waals surface area contributed by atoms with Crippen molar-refractivity contribution in [3.8, 4) is 0 Å². The van der Waals surface area contributed by atoms with Crippen LogP contribution in [0.3, 0.4) is 0 Å². The second kappa shape index (κ2) is 17.5. The van der Waals surface area contributed by atoms with Gasteiger partial charge in [0.05, 0.1) is 23.1 Å². The molecule has 0 aromatic carbocycles. The number of ether oxygens (including phenoxy) is 1. The van der Waals surface area contributed by atoms with Crippen molar-refractivity contribution >= 4 is 38.9 Å². The van der Waals surface area contributed by atoms with Gasteiger partial charge in [0.2, 0.25) is 11.7 Å². The van der Waals surface area contributed by atoms with E-state index in [9.17, 15) is 32.4 Å². The zero-order valence-corrected chi connectivity index (χ0v) is 34.4. The third-order valence-corrected chi connectivity index (χ3v) is 16.8. The molecule has 0 aromatic heterocycles. The lowest BCUT2D eigenvalue weighted by molar-refractivity contribution is -0.146. The number of piperidine rings is 1. The smallest absolute Gasteiger partial charge is 0.226 e. The van der Waals surface area contributed by atoms with Crippen LogP contribution in [0.1, 0.15) is 163 Å². The summed E-state index contributed by atoms with van der Waals surface area (Å²) in [5.41, 5.74) is -0.755. The lowest BCUT2D eigenvalue weighted by Gasteiger charge is -2.39. The highest BCUT2D eigenvalue weighted by molar-refractivity contribution is 7.92. The molecular formula is C43H69NO8S. The van der Waals surface area contributed by atoms with Gasteiger partial charge in [0.25, 0.3) is 0 Å². The normalized spacial score (nSPS) is 30.0. The molecule has 1 amide bonds. The maximum absolute atomic E-state index is 14.7. The standard InChI is InChI=1S/C43H69NO8S/c1-6-52-28-41(2,3)53(50,51)29-43(21-15-12-16-22-43)26-33(45)24-32-18-14-11-9-7-8-10-13-17-31(39(48)36(47)23-30-19-20-30)25-35(46)38-37-34(42(37,4)5)27-44(38)40(32)49/h30-32,34,37-38H,6-29H2,1-5H3/t31-,32-,34+,37+,38-/m1/s1. The molecule has 10 heteroatoms. The van der Waals surface area contributed by atoms with Crippen LogP contribution in [0.4, 0.5) is 0 Å². The van der Waals surface area contributed by atoms with E-state index >= 15 is 0 Å². The van der Waals surface area contributed by atoms with Gasteiger partial charge < -0.3 is 9.64 Å². The monoisotopic (exact) mass is 759 g/mol. The highest BCUT2D eigenvalue weighted by Gasteiger charge is 2.69. The predicted molar refractivity (Wildman–Crippen MR) is 206 cm³/mol. The second-order valence-electron chi connectivity index (χ2n) is 19.1. The van der Waals surface area contributed by atoms with Crippen LogP contribution in [-0.4, -0.2) is 78.7 Å². The molecule has 9 nitrogen and oxygen atoms in total. The van der Waals surface area contributed by atoms with E-state index in [2.05, 4.69) is 13.8 Å². The van der Waals surface area contributed by atoms with Gasteiger partial charge >= 0.3 is 0 Å². The fourth-order valence-electron chi connectivity index (χ4n) is 10.2. The van der Waals surface area contributed by atoms with Crippen LogP contribution < -0.4 is 0 Å². The Morgan fingerprint density at radius 3 is 2.08 bits per heavy atom. The average molecular weight is 760 g/mol. The first-order valence-corrected chi connectivity index (χ1v) is 22.9. The molecule has 5 atom stereocenters. The third kappa shape index (κ3) is 10.3. The highest BCUT2D eigenvalue weighted by Crippen LogP contribution is 2.65. The lowest BCUT2D eigenvalue weighted by atomic mass is 9.71. The Labute approximate surface area is 319 Å². The van der Waals surface area contributed by atoms with Gasteiger partial charge in [-0.1, -0.05) is 78.1 Å². The summed E-state index contributed by atoms with van der Waals surface area (Å²) in [5.74, 6) is -1.87. The van der Waals surface area contributed by atoms with Crippen molar-refractivity contribution in [2.45, 2.75) is 174 Å². The fraction of sp³-hybridized carbons (Fsp3) is 0.884. The van der Waals surface area contributed by atoms with Gasteiger partial charge in [0, 0.05) is 50.7 Å². The topological polar surface area (TPSA) is 132 Å². The summed E-state index contributed by atoms with van der Waals surface area (Å²) < 4.78 is 32.2. The summed E-state index contributed by atoms with van der Waals surface area (Å²) in [5, 5.41) is 0. The van der Waals surface area contributed by atoms with Crippen LogP contribution >= 0.6 is 0 Å². The summed E-state index contributed by atoms with van der Waals surface area (Å²) in [7, 11) is -3.60. The molecule has 3 aliphatic carbocycles. The summed E-state index contributed by atoms with van der Waals surface area (Å²) in [6.45, 7) is 10.5. The lowest BCUT2D eigenvalue weighted by Crippen LogP contribution is -2.49. The number of hydrogen-bond acceptors (Lipinski definition) is 8. The summed E-state index contributed by atoms with van der Waals surface area (Å²) in [4.78, 5) is 71.4. The van der Waals surface area contributed by atoms with Gasteiger partial charge in [-0.15, -0.1) is 0 Å². The molecule has 2 aliphatic heterocycles. The van der Waals surface area contributed by atoms with E-state index in [1.807, 2.05) is 6.92 Å². The van der Waals surface area contributed by atoms with Crippen molar-refractivity contribution in [1.29, 1.82) is 0 Å². The van der Waals surface area contributed by atoms with Gasteiger partial charge in [0.15, 0.2) is 21.4 Å². The number of carbonyl (C=O) groups excluding carboxylic acids is 5. The van der Waals surface area contributed by atoms with Crippen molar-refractivity contribution in [1.82, 2.24) is 4.90 Å². The molecule has 0 aromatic rings. The van der Waals surface area contributed by atoms with E-state index in [0.29, 0.717) is 44.8 Å². The molecule has 0 spiro atoms. The minimum absolute atomic E-state index is 0.00265. The van der Waals surface area contributed by atoms with Crippen molar-refractivity contribution in [3.05, 3.63) is 0 Å². The molecule has 5 fully saturated rings. The number of rotatable bonds is 14. The van der Waals surface area contributed by atoms with Crippen LogP contribution in [0, 0.1) is 40.4 Å². The maximum Gasteiger partial charge on any atom is 0.226 e. The molecule has 3 saturated carbocycles. The number of carbonyl (C=O) groups is 5. The van der Waals surface area contributed by atoms with Crippen molar-refractivity contribution in [2.75, 3.05) is 25.5 Å². The highest BCUT2D eigenvalue weighted by atomic mass is 32.2. The van der Waals surface area contributed by atoms with Crippen LogP contribution in [0.2, 0.25) is 0 Å². The molecular weight excluding hydrogens is 691 g/mol. The third-order valence-electron chi connectivity index (χ3n) is 14.0. The molecule has 300 valence electrons. The molecule has 0 unspecified atom stereocenters. The van der Waals surface area contributed by atoms with Crippen LogP contribution in [0.15, 0.2) is 0 Å². The SMILES string of the molecule is CCOCC(C)(C)S(=O)(=O)CC1(CC(=O)C[C@H]2CCCCCCCCC[C@@H](C(=O)C(=O)CC3CC3)CC(=O)[C@@H]3[C@@H]4[C@H](CN3C2=O)C4(C)C)CCCCC1. The molecule has 2 saturated heterocycles. The van der Waals surface area contributed by atoms with Gasteiger partial charge in [-0.3, -0.25) is 24.0 Å². The quantitative estimate of drug-likeness (QED) is 0.165. The zero-order valence-electron chi connectivity index (χ0n) is 33.6. The summed E-state index contributed by atoms with van der Waals surface area (Å²) >= 11 is 0. The molecule has 5 rings (SSSR count). The first kappa shape index (κ1) is 42.2. The number of Topliss-reactive ketones (excluding diaryl/α,β-unsaturated/α-hetero) is 4. The Bertz CT molecular complexity index is 1460. The molecule has 0 bridgehead atoms. The van der Waals surface area contributed by atoms with Gasteiger partial charge in [0.1, 0.15) is 5.78 Å². The van der Waals surface area contributed by atoms with Crippen LogP contribution in [0.25, 0.3) is 0 Å². The molecule has 5 aliphatic rings. The molecule has 0 radical (unpaired) electrons. The first-order chi connectivity index (χ1) is 25.0. The van der Waals surface area contributed by atoms with E-state index in [0.717, 1.165) is 77.0 Å². The average Bonchev–Trinajstić information content (AvgIpc) is 3.95. The van der Waals surface area contributed by atoms with E-state index in [4.69, 9.17) is 4.74 Å². The number of hydrogen-bond donors (Lipinski definition) is 0. The van der Waals surface area contributed by atoms with E-state index in [-0.39, 0.29) is 78.6 Å². The largest absolute Gasteiger partial charge is 0.380 e. The Kier molecular flexibility index (Phi) is 13.9. The zero-order chi connectivity index (χ0) is 38.6. The van der Waals surface area contributed by atoms with E-state index in [1.165, 1.54) is 0 Å². The van der Waals surface area contributed by atoms with Crippen molar-refractivity contribution in [2.24, 2.45) is 40.4 Å². The Hall–Kier alpha value is -1.94. The van der Waals surface area contributed by atoms with E-state index < -0.39 is 43.7 Å². The molecule has 2 heterocycles. The predicted octanol–water partition coefficient (Wildman–Crippen LogP) is 7.65. The minimum atomic E-state index is -3.60. The Morgan fingerprint density at radius 1 is 0.849 bits per heavy atom. The Balaban J connectivity index is 1.35. The first-order valence-electron chi connectivity index (χ1n) is 21.2. The number of fused-ring (bicyclic) bond motifs is 3.